The van der Waals surface area contributed by atoms with Crippen molar-refractivity contribution in [2.24, 2.45) is 11.8 Å². The highest BCUT2D eigenvalue weighted by molar-refractivity contribution is 6.10. The summed E-state index contributed by atoms with van der Waals surface area (Å²) in [5.41, 5.74) is 0. The summed E-state index contributed by atoms with van der Waals surface area (Å²) in [5.74, 6) is -12.9. The monoisotopic (exact) mass is 294 g/mol. The van der Waals surface area contributed by atoms with Crippen LogP contribution >= 0.6 is 0 Å². The summed E-state index contributed by atoms with van der Waals surface area (Å²) in [6.07, 6.45) is -11.4. The average molecular weight is 294 g/mol. The van der Waals surface area contributed by atoms with Crippen molar-refractivity contribution >= 4 is 17.3 Å². The number of hydrogen-bond donors (Lipinski definition) is 1. The Balaban J connectivity index is 5.59. The molecule has 0 heterocycles. The molecule has 10 heteroatoms. The zero-order valence-electron chi connectivity index (χ0n) is 9.30. The third-order valence-electron chi connectivity index (χ3n) is 2.29. The quantitative estimate of drug-likeness (QED) is 0.608. The van der Waals surface area contributed by atoms with E-state index in [-0.39, 0.29) is 0 Å². The summed E-state index contributed by atoms with van der Waals surface area (Å²) >= 11 is 0. The van der Waals surface area contributed by atoms with Gasteiger partial charge in [-0.15, -0.1) is 0 Å². The van der Waals surface area contributed by atoms with Crippen LogP contribution in [0.2, 0.25) is 0 Å². The minimum absolute atomic E-state index is 0.538. The number of alkyl halides is 6. The fourth-order valence-corrected chi connectivity index (χ4v) is 1.26. The van der Waals surface area contributed by atoms with E-state index in [4.69, 9.17) is 5.11 Å². The van der Waals surface area contributed by atoms with E-state index >= 15 is 0 Å². The first-order chi connectivity index (χ1) is 8.34. The number of halogens is 6. The molecule has 1 N–H and O–H groups in total. The highest BCUT2D eigenvalue weighted by Crippen LogP contribution is 2.32. The van der Waals surface area contributed by atoms with Crippen molar-refractivity contribution in [1.82, 2.24) is 0 Å². The lowest BCUT2D eigenvalue weighted by Crippen LogP contribution is -2.46. The lowest BCUT2D eigenvalue weighted by Gasteiger charge is -2.22. The van der Waals surface area contributed by atoms with Crippen LogP contribution in [0, 0.1) is 11.8 Å². The first kappa shape index (κ1) is 17.6. The Kier molecular flexibility index (Phi) is 5.24. The molecule has 0 radical (unpaired) electrons. The molecule has 0 bridgehead atoms. The number of aliphatic hydroxyl groups excluding tert-OH is 1. The van der Waals surface area contributed by atoms with Crippen LogP contribution in [0.25, 0.3) is 0 Å². The van der Waals surface area contributed by atoms with Gasteiger partial charge in [0.15, 0.2) is 5.78 Å². The van der Waals surface area contributed by atoms with E-state index < -0.39 is 48.1 Å². The number of carbonyl (C=O) groups excluding carboxylic acids is 3. The van der Waals surface area contributed by atoms with Crippen LogP contribution < -0.4 is 0 Å². The van der Waals surface area contributed by atoms with E-state index in [1.807, 2.05) is 0 Å². The van der Waals surface area contributed by atoms with Crippen LogP contribution in [0.4, 0.5) is 26.3 Å². The number of Topliss-reactive ketones (excluding diaryl/α,β-unsaturated/α-hetero) is 3. The first-order valence-corrected chi connectivity index (χ1v) is 4.69. The van der Waals surface area contributed by atoms with Gasteiger partial charge in [-0.1, -0.05) is 6.92 Å². The third kappa shape index (κ3) is 4.30. The van der Waals surface area contributed by atoms with Gasteiger partial charge in [0, 0.05) is 5.92 Å². The van der Waals surface area contributed by atoms with E-state index in [9.17, 15) is 40.7 Å². The molecule has 0 spiro atoms. The highest BCUT2D eigenvalue weighted by atomic mass is 19.4. The number of carbonyl (C=O) groups is 3. The molecule has 0 aliphatic rings. The van der Waals surface area contributed by atoms with Gasteiger partial charge in [-0.05, 0) is 0 Å². The predicted molar refractivity (Wildman–Crippen MR) is 46.9 cm³/mol. The van der Waals surface area contributed by atoms with Crippen LogP contribution in [0.3, 0.4) is 0 Å². The summed E-state index contributed by atoms with van der Waals surface area (Å²) < 4.78 is 72.8. The minimum Gasteiger partial charge on any atom is -0.389 e. The zero-order valence-corrected chi connectivity index (χ0v) is 9.30. The lowest BCUT2D eigenvalue weighted by atomic mass is 9.83. The summed E-state index contributed by atoms with van der Waals surface area (Å²) in [6, 6.07) is 0. The van der Waals surface area contributed by atoms with E-state index in [0.29, 0.717) is 6.92 Å². The number of aliphatic hydroxyl groups is 1. The van der Waals surface area contributed by atoms with E-state index in [1.54, 1.807) is 0 Å². The molecule has 4 nitrogen and oxygen atoms in total. The summed E-state index contributed by atoms with van der Waals surface area (Å²) in [6.45, 7) is -0.843. The van der Waals surface area contributed by atoms with Crippen LogP contribution in [0.5, 0.6) is 0 Å². The fourth-order valence-electron chi connectivity index (χ4n) is 1.26. The smallest absolute Gasteiger partial charge is 0.389 e. The van der Waals surface area contributed by atoms with Gasteiger partial charge >= 0.3 is 12.4 Å². The second-order valence-corrected chi connectivity index (χ2v) is 3.61. The molecule has 0 aromatic heterocycles. The standard InChI is InChI=1S/C9H8F6O4/c1-3(4(17)2-16)5(6(18)8(10,11)12)7(19)9(13,14)15/h3,5,16H,2H2,1H3. The molecule has 0 aliphatic carbocycles. The van der Waals surface area contributed by atoms with Crippen molar-refractivity contribution in [2.45, 2.75) is 19.3 Å². The molecule has 0 rings (SSSR count). The summed E-state index contributed by atoms with van der Waals surface area (Å²) in [5, 5.41) is 8.39. The molecule has 0 amide bonds. The Bertz CT molecular complexity index is 357. The molecular weight excluding hydrogens is 286 g/mol. The number of hydrogen-bond acceptors (Lipinski definition) is 4. The van der Waals surface area contributed by atoms with Gasteiger partial charge in [-0.2, -0.15) is 26.3 Å². The first-order valence-electron chi connectivity index (χ1n) is 4.69. The molecule has 110 valence electrons. The Morgan fingerprint density at radius 2 is 1.26 bits per heavy atom. The largest absolute Gasteiger partial charge is 0.450 e. The van der Waals surface area contributed by atoms with Crippen molar-refractivity contribution in [3.8, 4) is 0 Å². The van der Waals surface area contributed by atoms with E-state index in [2.05, 4.69) is 0 Å². The van der Waals surface area contributed by atoms with Crippen LogP contribution in [0.1, 0.15) is 6.92 Å². The van der Waals surface area contributed by atoms with Crippen LogP contribution in [0.15, 0.2) is 0 Å². The van der Waals surface area contributed by atoms with Crippen molar-refractivity contribution in [3.05, 3.63) is 0 Å². The molecule has 19 heavy (non-hydrogen) atoms. The normalized spacial score (nSPS) is 14.4. The molecule has 0 aromatic carbocycles. The minimum atomic E-state index is -5.70. The topological polar surface area (TPSA) is 71.4 Å². The number of rotatable bonds is 5. The van der Waals surface area contributed by atoms with Gasteiger partial charge in [0.2, 0.25) is 11.6 Å². The van der Waals surface area contributed by atoms with Crippen molar-refractivity contribution < 1.29 is 45.8 Å². The summed E-state index contributed by atoms with van der Waals surface area (Å²) in [7, 11) is 0. The van der Waals surface area contributed by atoms with Gasteiger partial charge in [0.05, 0.1) is 0 Å². The van der Waals surface area contributed by atoms with Crippen LogP contribution in [-0.4, -0.2) is 41.4 Å². The average Bonchev–Trinajstić information content (AvgIpc) is 2.25. The molecule has 1 atom stereocenters. The second-order valence-electron chi connectivity index (χ2n) is 3.61. The second kappa shape index (κ2) is 5.68. The third-order valence-corrected chi connectivity index (χ3v) is 2.29. The van der Waals surface area contributed by atoms with Gasteiger partial charge in [-0.3, -0.25) is 14.4 Å². The van der Waals surface area contributed by atoms with Crippen molar-refractivity contribution in [1.29, 1.82) is 0 Å². The zero-order chi connectivity index (χ0) is 15.6. The lowest BCUT2D eigenvalue weighted by molar-refractivity contribution is -0.192. The maximum Gasteiger partial charge on any atom is 0.450 e. The van der Waals surface area contributed by atoms with Gasteiger partial charge in [-0.25, -0.2) is 0 Å². The molecule has 0 saturated carbocycles. The molecule has 0 aliphatic heterocycles. The Morgan fingerprint density at radius 3 is 1.47 bits per heavy atom. The van der Waals surface area contributed by atoms with E-state index in [0.717, 1.165) is 0 Å². The summed E-state index contributed by atoms with van der Waals surface area (Å²) in [4.78, 5) is 32.6. The molecule has 0 fully saturated rings. The van der Waals surface area contributed by atoms with Crippen molar-refractivity contribution in [2.75, 3.05) is 6.61 Å². The molecule has 1 unspecified atom stereocenters. The molecular formula is C9H8F6O4. The molecule has 0 saturated heterocycles. The predicted octanol–water partition coefficient (Wildman–Crippen LogP) is 1.06. The SMILES string of the molecule is CC(C(=O)CO)C(C(=O)C(F)(F)F)C(=O)C(F)(F)F. The fraction of sp³-hybridized carbons (Fsp3) is 0.667. The van der Waals surface area contributed by atoms with Crippen molar-refractivity contribution in [3.63, 3.8) is 0 Å². The maximum atomic E-state index is 12.1. The Morgan fingerprint density at radius 1 is 0.947 bits per heavy atom. The Hall–Kier alpha value is -1.45. The Labute approximate surface area is 102 Å². The van der Waals surface area contributed by atoms with Gasteiger partial charge in [0.1, 0.15) is 12.5 Å². The van der Waals surface area contributed by atoms with E-state index in [1.165, 1.54) is 0 Å². The highest BCUT2D eigenvalue weighted by Gasteiger charge is 2.56. The molecule has 0 aromatic rings. The maximum absolute atomic E-state index is 12.1. The van der Waals surface area contributed by atoms with Gasteiger partial charge in [0.25, 0.3) is 0 Å². The van der Waals surface area contributed by atoms with Gasteiger partial charge < -0.3 is 5.11 Å². The number of ketones is 3. The van der Waals surface area contributed by atoms with Crippen LogP contribution in [-0.2, 0) is 14.4 Å².